The molecule has 0 saturated carbocycles. The second-order valence-electron chi connectivity index (χ2n) is 20.4. The zero-order valence-electron chi connectivity index (χ0n) is 42.2. The molecule has 2 heterocycles. The first-order valence-corrected chi connectivity index (χ1v) is 29.5. The van der Waals surface area contributed by atoms with Crippen LogP contribution >= 0.6 is 0 Å². The summed E-state index contributed by atoms with van der Waals surface area (Å²) in [6, 6.07) is 28.5. The van der Waals surface area contributed by atoms with Gasteiger partial charge in [-0.2, -0.15) is 9.10 Å². The third-order valence-corrected chi connectivity index (χ3v) is 20.8. The van der Waals surface area contributed by atoms with Gasteiger partial charge >= 0.3 is 6.09 Å². The van der Waals surface area contributed by atoms with Gasteiger partial charge in [0, 0.05) is 44.5 Å². The van der Waals surface area contributed by atoms with Crippen molar-refractivity contribution in [1.82, 2.24) is 34.6 Å². The quantitative estimate of drug-likeness (QED) is 0.0644. The van der Waals surface area contributed by atoms with Crippen LogP contribution in [0.2, 0.25) is 18.1 Å². The summed E-state index contributed by atoms with van der Waals surface area (Å²) in [5.74, 6) is 0.832. The number of alkyl carbamates (subject to hydrolysis) is 1. The smallest absolute Gasteiger partial charge is 0.407 e. The average Bonchev–Trinajstić information content (AvgIpc) is 3.77. The summed E-state index contributed by atoms with van der Waals surface area (Å²) < 4.78 is 84.4. The number of carbonyl (C=O) groups is 1. The van der Waals surface area contributed by atoms with Crippen molar-refractivity contribution < 1.29 is 35.5 Å². The maximum Gasteiger partial charge on any atom is 0.407 e. The summed E-state index contributed by atoms with van der Waals surface area (Å²) in [5, 5.41) is 16.2. The van der Waals surface area contributed by atoms with Crippen LogP contribution in [0.4, 0.5) is 10.5 Å². The van der Waals surface area contributed by atoms with Crippen molar-refractivity contribution in [2.24, 2.45) is 11.7 Å². The maximum absolute atomic E-state index is 16.1. The molecule has 1 aliphatic rings. The number of aromatic nitrogens is 4. The Hall–Kier alpha value is -5.22. The Bertz CT molecular complexity index is 2710. The van der Waals surface area contributed by atoms with Crippen LogP contribution in [-0.2, 0) is 48.8 Å². The molecule has 3 atom stereocenters. The lowest BCUT2D eigenvalue weighted by molar-refractivity contribution is 0.0498. The summed E-state index contributed by atoms with van der Waals surface area (Å²) in [7, 11) is -10.6. The van der Waals surface area contributed by atoms with Crippen molar-refractivity contribution >= 4 is 40.1 Å². The number of tetrazole rings is 1. The number of benzene rings is 4. The molecule has 17 nitrogen and oxygen atoms in total. The van der Waals surface area contributed by atoms with Gasteiger partial charge in [-0.15, -0.1) is 10.2 Å². The van der Waals surface area contributed by atoms with Gasteiger partial charge in [0.2, 0.25) is 25.9 Å². The Morgan fingerprint density at radius 2 is 1.49 bits per heavy atom. The molecule has 0 bridgehead atoms. The number of carbonyl (C=O) groups excluding carboxylic acids is 1. The van der Waals surface area contributed by atoms with Crippen LogP contribution < -0.4 is 25.4 Å². The predicted octanol–water partition coefficient (Wildman–Crippen LogP) is 7.55. The van der Waals surface area contributed by atoms with Crippen LogP contribution in [0.3, 0.4) is 0 Å². The SMILES string of the molecule is COc1ccc(Cn2nnc(-c3c(N4CCC(CN)CC4C)ccc(S(=O)(=O)NC[C@@H](CNC(=O)OC(C)(C)C)O[Si](C)(C)C(C)(C)C)c3S(=O)(=O)N(Cc3ccccc3)Cc3ccccc3)n2)cc1. The number of amides is 1. The van der Waals surface area contributed by atoms with E-state index >= 15 is 16.8 Å². The van der Waals surface area contributed by atoms with Crippen LogP contribution in [0.25, 0.3) is 11.4 Å². The maximum atomic E-state index is 16.1. The monoisotopic (exact) mass is 1020 g/mol. The van der Waals surface area contributed by atoms with E-state index in [9.17, 15) is 4.79 Å². The molecule has 4 aromatic carbocycles. The summed E-state index contributed by atoms with van der Waals surface area (Å²) in [4.78, 5) is 15.3. The highest BCUT2D eigenvalue weighted by atomic mass is 32.2. The first-order chi connectivity index (χ1) is 32.9. The van der Waals surface area contributed by atoms with Crippen molar-refractivity contribution in [3.63, 3.8) is 0 Å². The minimum Gasteiger partial charge on any atom is -0.497 e. The van der Waals surface area contributed by atoms with E-state index in [-0.39, 0.29) is 61.1 Å². The summed E-state index contributed by atoms with van der Waals surface area (Å²) in [5.41, 5.74) is 8.02. The molecule has 0 spiro atoms. The molecule has 4 N–H and O–H groups in total. The number of sulfonamides is 2. The third kappa shape index (κ3) is 13.8. The highest BCUT2D eigenvalue weighted by Crippen LogP contribution is 2.43. The van der Waals surface area contributed by atoms with E-state index in [0.29, 0.717) is 35.7 Å². The second kappa shape index (κ2) is 22.5. The first-order valence-electron chi connectivity index (χ1n) is 23.7. The van der Waals surface area contributed by atoms with Crippen LogP contribution in [-0.4, -0.2) is 107 Å². The zero-order valence-corrected chi connectivity index (χ0v) is 44.8. The molecule has 1 aromatic heterocycles. The van der Waals surface area contributed by atoms with E-state index in [1.54, 1.807) is 33.9 Å². The second-order valence-corrected chi connectivity index (χ2v) is 28.8. The normalized spacial score (nSPS) is 16.5. The Morgan fingerprint density at radius 1 is 0.871 bits per heavy atom. The van der Waals surface area contributed by atoms with Crippen molar-refractivity contribution in [3.05, 3.63) is 114 Å². The molecular weight excluding hydrogens is 947 g/mol. The number of anilines is 1. The number of hydrogen-bond donors (Lipinski definition) is 3. The largest absolute Gasteiger partial charge is 0.497 e. The number of rotatable bonds is 20. The molecule has 1 amide bonds. The van der Waals surface area contributed by atoms with Crippen molar-refractivity contribution in [1.29, 1.82) is 0 Å². The lowest BCUT2D eigenvalue weighted by atomic mass is 9.91. The van der Waals surface area contributed by atoms with Gasteiger partial charge in [-0.1, -0.05) is 93.6 Å². The number of nitrogens with zero attached hydrogens (tertiary/aromatic N) is 6. The minimum absolute atomic E-state index is 0.00584. The van der Waals surface area contributed by atoms with Crippen molar-refractivity contribution in [3.8, 4) is 17.1 Å². The van der Waals surface area contributed by atoms with Gasteiger partial charge in [0.05, 0.1) is 25.3 Å². The molecule has 1 aliphatic heterocycles. The van der Waals surface area contributed by atoms with Gasteiger partial charge in [0.15, 0.2) is 8.32 Å². The van der Waals surface area contributed by atoms with Crippen molar-refractivity contribution in [2.45, 2.75) is 127 Å². The van der Waals surface area contributed by atoms with E-state index in [4.69, 9.17) is 24.7 Å². The first kappa shape index (κ1) is 54.1. The van der Waals surface area contributed by atoms with Gasteiger partial charge in [-0.25, -0.2) is 26.4 Å². The van der Waals surface area contributed by atoms with E-state index in [0.717, 1.165) is 18.4 Å². The number of nitrogens with two attached hydrogens (primary N) is 1. The summed E-state index contributed by atoms with van der Waals surface area (Å²) in [6.45, 7) is 18.1. The molecule has 380 valence electrons. The van der Waals surface area contributed by atoms with Crippen LogP contribution in [0.1, 0.15) is 78.0 Å². The standard InChI is InChI=1S/C50H71N9O8S2Si/c1-36-29-40(30-51)27-28-58(36)43-25-26-44(68(61,62)53-32-42(67-70(9,10)50(5,6)7)31-52-48(60)66-49(2,3)4)46(45(43)47-54-56-59(55-47)35-39-21-23-41(65-8)24-22-39)69(63,64)57(33-37-17-13-11-14-18-37)34-38-19-15-12-16-20-38/h11-26,36,40,42,53H,27-35,51H2,1-10H3,(H,52,60)/t36?,40?,42-/m1/s1. The molecule has 0 aliphatic carbocycles. The summed E-state index contributed by atoms with van der Waals surface area (Å²) >= 11 is 0. The molecular formula is C50H71N9O8S2Si. The molecule has 2 unspecified atom stereocenters. The van der Waals surface area contributed by atoms with Gasteiger partial charge in [0.1, 0.15) is 21.1 Å². The average molecular weight is 1020 g/mol. The van der Waals surface area contributed by atoms with Crippen molar-refractivity contribution in [2.75, 3.05) is 38.2 Å². The van der Waals surface area contributed by atoms with E-state index in [2.05, 4.69) is 46.0 Å². The molecule has 70 heavy (non-hydrogen) atoms. The Kier molecular flexibility index (Phi) is 17.4. The molecule has 0 radical (unpaired) electrons. The number of hydrogen-bond acceptors (Lipinski definition) is 13. The number of methoxy groups -OCH3 is 1. The van der Waals surface area contributed by atoms with E-state index < -0.39 is 56.0 Å². The lowest BCUT2D eigenvalue weighted by Crippen LogP contribution is -2.51. The van der Waals surface area contributed by atoms with E-state index in [1.807, 2.05) is 105 Å². The fraction of sp³-hybridized carbons (Fsp3) is 0.480. The summed E-state index contributed by atoms with van der Waals surface area (Å²) in [6.07, 6.45) is -0.123. The fourth-order valence-electron chi connectivity index (χ4n) is 8.09. The number of nitrogens with one attached hydrogen (secondary N) is 2. The van der Waals surface area contributed by atoms with Gasteiger partial charge in [0.25, 0.3) is 0 Å². The predicted molar refractivity (Wildman–Crippen MR) is 275 cm³/mol. The molecule has 20 heteroatoms. The van der Waals surface area contributed by atoms with Gasteiger partial charge in [-0.3, -0.25) is 0 Å². The third-order valence-electron chi connectivity index (χ3n) is 12.8. The Labute approximate surface area is 415 Å². The van der Waals surface area contributed by atoms with Crippen LogP contribution in [0.5, 0.6) is 5.75 Å². The molecule has 1 saturated heterocycles. The van der Waals surface area contributed by atoms with Gasteiger partial charge in [-0.05, 0) is 117 Å². The molecule has 5 aromatic rings. The molecule has 6 rings (SSSR count). The Morgan fingerprint density at radius 3 is 2.03 bits per heavy atom. The molecule has 1 fully saturated rings. The topological polar surface area (TPSA) is 213 Å². The number of ether oxygens (including phenoxy) is 2. The van der Waals surface area contributed by atoms with Crippen LogP contribution in [0.15, 0.2) is 107 Å². The van der Waals surface area contributed by atoms with Gasteiger partial charge < -0.3 is 29.9 Å². The Balaban J connectivity index is 1.56. The van der Waals surface area contributed by atoms with Crippen LogP contribution in [0, 0.1) is 5.92 Å². The number of piperidine rings is 1. The van der Waals surface area contributed by atoms with E-state index in [1.165, 1.54) is 15.2 Å². The highest BCUT2D eigenvalue weighted by Gasteiger charge is 2.42. The lowest BCUT2D eigenvalue weighted by Gasteiger charge is -2.40. The highest BCUT2D eigenvalue weighted by molar-refractivity contribution is 7.92. The minimum atomic E-state index is -4.83. The fourth-order valence-corrected chi connectivity index (χ4v) is 12.9. The zero-order chi connectivity index (χ0) is 51.1.